The molecule has 2 rings (SSSR count). The Morgan fingerprint density at radius 1 is 1.23 bits per heavy atom. The van der Waals surface area contributed by atoms with Gasteiger partial charge in [-0.3, -0.25) is 19.7 Å². The highest BCUT2D eigenvalue weighted by molar-refractivity contribution is 6.32. The monoisotopic (exact) mass is 376 g/mol. The molecule has 8 heteroatoms. The number of hydrogen-bond acceptors (Lipinski definition) is 5. The number of hydrogen-bond donors (Lipinski definition) is 1. The molecule has 0 heterocycles. The number of benzene rings is 2. The molecular weight excluding hydrogens is 360 g/mol. The minimum absolute atomic E-state index is 0.0330. The first-order valence-corrected chi connectivity index (χ1v) is 8.19. The fourth-order valence-corrected chi connectivity index (χ4v) is 2.47. The Hall–Kier alpha value is -2.93. The Kier molecular flexibility index (Phi) is 6.68. The van der Waals surface area contributed by atoms with Gasteiger partial charge in [-0.15, -0.1) is 0 Å². The zero-order valence-corrected chi connectivity index (χ0v) is 14.7. The Bertz CT molecular complexity index is 810. The molecule has 0 aliphatic heterocycles. The van der Waals surface area contributed by atoms with Crippen molar-refractivity contribution >= 4 is 34.9 Å². The van der Waals surface area contributed by atoms with Crippen LogP contribution in [0.2, 0.25) is 5.02 Å². The van der Waals surface area contributed by atoms with Gasteiger partial charge in [0.2, 0.25) is 0 Å². The average Bonchev–Trinajstić information content (AvgIpc) is 2.62. The van der Waals surface area contributed by atoms with Gasteiger partial charge in [-0.05, 0) is 23.6 Å². The van der Waals surface area contributed by atoms with Crippen LogP contribution < -0.4 is 5.32 Å². The molecule has 0 aliphatic rings. The molecule has 1 atom stereocenters. The fraction of sp³-hybridized carbons (Fsp3) is 0.222. The van der Waals surface area contributed by atoms with Crippen molar-refractivity contribution in [1.82, 2.24) is 0 Å². The normalized spacial score (nSPS) is 11.5. The van der Waals surface area contributed by atoms with E-state index in [9.17, 15) is 19.7 Å². The number of carbonyl (C=O) groups excluding carboxylic acids is 2. The van der Waals surface area contributed by atoms with E-state index in [1.807, 2.05) is 37.3 Å². The SMILES string of the molecule is C[C@H](CC(=O)OCC(=O)Nc1ccc(Cl)c([N+](=O)[O-])c1)c1ccccc1. The number of ether oxygens (including phenoxy) is 1. The number of nitro groups is 1. The number of halogens is 1. The van der Waals surface area contributed by atoms with Gasteiger partial charge in [0.15, 0.2) is 6.61 Å². The molecule has 136 valence electrons. The standard InChI is InChI=1S/C18H17ClN2O5/c1-12(13-5-3-2-4-6-13)9-18(23)26-11-17(22)20-14-7-8-15(19)16(10-14)21(24)25/h2-8,10,12H,9,11H2,1H3,(H,20,22)/t12-/m1/s1. The van der Waals surface area contributed by atoms with Crippen molar-refractivity contribution in [2.24, 2.45) is 0 Å². The maximum absolute atomic E-state index is 11.9. The molecule has 0 bridgehead atoms. The Morgan fingerprint density at radius 2 is 1.92 bits per heavy atom. The summed E-state index contributed by atoms with van der Waals surface area (Å²) in [6.45, 7) is 1.42. The summed E-state index contributed by atoms with van der Waals surface area (Å²) in [6, 6.07) is 13.4. The van der Waals surface area contributed by atoms with E-state index in [-0.39, 0.29) is 28.7 Å². The van der Waals surface area contributed by atoms with Crippen LogP contribution in [-0.4, -0.2) is 23.4 Å². The highest BCUT2D eigenvalue weighted by Gasteiger charge is 2.16. The van der Waals surface area contributed by atoms with E-state index in [2.05, 4.69) is 5.32 Å². The van der Waals surface area contributed by atoms with Gasteiger partial charge in [0, 0.05) is 11.8 Å². The second-order valence-corrected chi connectivity index (χ2v) is 6.06. The lowest BCUT2D eigenvalue weighted by molar-refractivity contribution is -0.384. The second kappa shape index (κ2) is 8.96. The lowest BCUT2D eigenvalue weighted by atomic mass is 9.98. The molecule has 0 saturated carbocycles. The van der Waals surface area contributed by atoms with Crippen LogP contribution in [0.1, 0.15) is 24.8 Å². The first-order valence-electron chi connectivity index (χ1n) is 7.81. The lowest BCUT2D eigenvalue weighted by Crippen LogP contribution is -2.21. The van der Waals surface area contributed by atoms with E-state index in [1.54, 1.807) is 0 Å². The molecular formula is C18H17ClN2O5. The number of rotatable bonds is 7. The van der Waals surface area contributed by atoms with Crippen LogP contribution in [0.5, 0.6) is 0 Å². The Balaban J connectivity index is 1.84. The van der Waals surface area contributed by atoms with Crippen molar-refractivity contribution in [2.45, 2.75) is 19.3 Å². The largest absolute Gasteiger partial charge is 0.456 e. The smallest absolute Gasteiger partial charge is 0.306 e. The topological polar surface area (TPSA) is 98.5 Å². The highest BCUT2D eigenvalue weighted by atomic mass is 35.5. The summed E-state index contributed by atoms with van der Waals surface area (Å²) in [7, 11) is 0. The zero-order valence-electron chi connectivity index (χ0n) is 14.0. The molecule has 26 heavy (non-hydrogen) atoms. The summed E-state index contributed by atoms with van der Waals surface area (Å²) in [5.41, 5.74) is 0.875. The van der Waals surface area contributed by atoms with E-state index < -0.39 is 23.4 Å². The summed E-state index contributed by atoms with van der Waals surface area (Å²) in [4.78, 5) is 33.9. The van der Waals surface area contributed by atoms with Crippen LogP contribution in [0.15, 0.2) is 48.5 Å². The van der Waals surface area contributed by atoms with Crippen LogP contribution in [0.3, 0.4) is 0 Å². The van der Waals surface area contributed by atoms with Crippen molar-refractivity contribution in [2.75, 3.05) is 11.9 Å². The maximum atomic E-state index is 11.9. The number of anilines is 1. The summed E-state index contributed by atoms with van der Waals surface area (Å²) in [6.07, 6.45) is 0.143. The van der Waals surface area contributed by atoms with Gasteiger partial charge in [-0.25, -0.2) is 0 Å². The molecule has 7 nitrogen and oxygen atoms in total. The molecule has 0 fully saturated rings. The number of nitrogens with one attached hydrogen (secondary N) is 1. The molecule has 2 aromatic carbocycles. The minimum atomic E-state index is -0.650. The molecule has 0 aliphatic carbocycles. The first kappa shape index (κ1) is 19.4. The number of nitrogens with zero attached hydrogens (tertiary/aromatic N) is 1. The van der Waals surface area contributed by atoms with E-state index in [1.165, 1.54) is 12.1 Å². The number of amides is 1. The Labute approximate surface area is 155 Å². The predicted molar refractivity (Wildman–Crippen MR) is 97.2 cm³/mol. The van der Waals surface area contributed by atoms with Crippen LogP contribution in [0.4, 0.5) is 11.4 Å². The van der Waals surface area contributed by atoms with Crippen LogP contribution in [0.25, 0.3) is 0 Å². The van der Waals surface area contributed by atoms with Crippen molar-refractivity contribution in [3.8, 4) is 0 Å². The molecule has 1 amide bonds. The second-order valence-electron chi connectivity index (χ2n) is 5.65. The van der Waals surface area contributed by atoms with Crippen LogP contribution in [0, 0.1) is 10.1 Å². The van der Waals surface area contributed by atoms with Gasteiger partial charge in [-0.1, -0.05) is 48.9 Å². The average molecular weight is 377 g/mol. The Morgan fingerprint density at radius 3 is 2.58 bits per heavy atom. The summed E-state index contributed by atoms with van der Waals surface area (Å²) < 4.78 is 4.96. The van der Waals surface area contributed by atoms with Crippen molar-refractivity contribution in [3.63, 3.8) is 0 Å². The third-order valence-corrected chi connectivity index (χ3v) is 3.95. The molecule has 0 aromatic heterocycles. The minimum Gasteiger partial charge on any atom is -0.456 e. The van der Waals surface area contributed by atoms with Crippen LogP contribution in [-0.2, 0) is 14.3 Å². The molecule has 1 N–H and O–H groups in total. The third-order valence-electron chi connectivity index (χ3n) is 3.63. The molecule has 0 unspecified atom stereocenters. The maximum Gasteiger partial charge on any atom is 0.306 e. The van der Waals surface area contributed by atoms with Gasteiger partial charge in [0.05, 0.1) is 11.3 Å². The number of carbonyl (C=O) groups is 2. The van der Waals surface area contributed by atoms with Gasteiger partial charge in [0.1, 0.15) is 5.02 Å². The van der Waals surface area contributed by atoms with Crippen molar-refractivity contribution in [1.29, 1.82) is 0 Å². The quantitative estimate of drug-likeness (QED) is 0.448. The molecule has 0 radical (unpaired) electrons. The van der Waals surface area contributed by atoms with E-state index in [0.29, 0.717) is 0 Å². The highest BCUT2D eigenvalue weighted by Crippen LogP contribution is 2.27. The summed E-state index contributed by atoms with van der Waals surface area (Å²) in [5, 5.41) is 13.2. The van der Waals surface area contributed by atoms with Gasteiger partial charge >= 0.3 is 5.97 Å². The van der Waals surface area contributed by atoms with Crippen molar-refractivity contribution < 1.29 is 19.2 Å². The molecule has 0 spiro atoms. The predicted octanol–water partition coefficient (Wildman–Crippen LogP) is 3.92. The van der Waals surface area contributed by atoms with Crippen molar-refractivity contribution in [3.05, 3.63) is 69.2 Å². The first-order chi connectivity index (χ1) is 12.4. The number of nitro benzene ring substituents is 1. The van der Waals surface area contributed by atoms with Gasteiger partial charge in [0.25, 0.3) is 11.6 Å². The van der Waals surface area contributed by atoms with Gasteiger partial charge in [-0.2, -0.15) is 0 Å². The summed E-state index contributed by atoms with van der Waals surface area (Å²) in [5.74, 6) is -1.13. The molecule has 2 aromatic rings. The number of esters is 1. The van der Waals surface area contributed by atoms with Crippen LogP contribution >= 0.6 is 11.6 Å². The van der Waals surface area contributed by atoms with E-state index in [0.717, 1.165) is 11.6 Å². The lowest BCUT2D eigenvalue weighted by Gasteiger charge is -2.11. The van der Waals surface area contributed by atoms with E-state index in [4.69, 9.17) is 16.3 Å². The van der Waals surface area contributed by atoms with Gasteiger partial charge < -0.3 is 10.1 Å². The summed E-state index contributed by atoms with van der Waals surface area (Å²) >= 11 is 5.71. The van der Waals surface area contributed by atoms with E-state index >= 15 is 0 Å². The zero-order chi connectivity index (χ0) is 19.1. The molecule has 0 saturated heterocycles. The fourth-order valence-electron chi connectivity index (χ4n) is 2.28. The third kappa shape index (κ3) is 5.56.